The van der Waals surface area contributed by atoms with Crippen molar-refractivity contribution >= 4 is 29.6 Å². The summed E-state index contributed by atoms with van der Waals surface area (Å²) in [5, 5.41) is 6.83. The predicted molar refractivity (Wildman–Crippen MR) is 60.1 cm³/mol. The zero-order chi connectivity index (χ0) is 12.8. The van der Waals surface area contributed by atoms with Gasteiger partial charge in [-0.25, -0.2) is 16.8 Å². The van der Waals surface area contributed by atoms with Gasteiger partial charge in [0.2, 0.25) is 0 Å². The molecule has 1 atom stereocenters. The van der Waals surface area contributed by atoms with Gasteiger partial charge in [-0.15, -0.1) is 10.2 Å². The number of hydrogen-bond acceptors (Lipinski definition) is 6. The van der Waals surface area contributed by atoms with Crippen molar-refractivity contribution in [2.24, 2.45) is 7.05 Å². The van der Waals surface area contributed by atoms with Gasteiger partial charge in [0.1, 0.15) is 5.82 Å². The van der Waals surface area contributed by atoms with E-state index in [-0.39, 0.29) is 22.6 Å². The highest BCUT2D eigenvalue weighted by Crippen LogP contribution is 2.28. The minimum Gasteiger partial charge on any atom is -0.304 e. The average Bonchev–Trinajstić information content (AvgIpc) is 2.67. The molecule has 1 aliphatic rings. The van der Waals surface area contributed by atoms with E-state index in [0.717, 1.165) is 0 Å². The largest absolute Gasteiger partial charge is 0.304 e. The molecule has 10 heteroatoms. The van der Waals surface area contributed by atoms with Crippen LogP contribution >= 0.6 is 10.7 Å². The summed E-state index contributed by atoms with van der Waals surface area (Å²) in [7, 11) is -0.385. The smallest absolute Gasteiger partial charge is 0.296 e. The van der Waals surface area contributed by atoms with Crippen LogP contribution in [0.2, 0.25) is 0 Å². The van der Waals surface area contributed by atoms with Gasteiger partial charge in [-0.3, -0.25) is 0 Å². The molecular weight excluding hydrogens is 290 g/mol. The SMILES string of the molecule is Cn1c(C2CCS(=O)(=O)C2)nnc1S(=O)(=O)Cl. The van der Waals surface area contributed by atoms with Crippen LogP contribution in [0.15, 0.2) is 5.16 Å². The van der Waals surface area contributed by atoms with Crippen molar-refractivity contribution in [1.29, 1.82) is 0 Å². The third-order valence-corrected chi connectivity index (χ3v) is 5.66. The third-order valence-electron chi connectivity index (χ3n) is 2.68. The number of aromatic nitrogens is 3. The van der Waals surface area contributed by atoms with Crippen molar-refractivity contribution in [3.05, 3.63) is 5.82 Å². The monoisotopic (exact) mass is 299 g/mol. The first-order chi connectivity index (χ1) is 7.71. The Bertz CT molecular complexity index is 649. The predicted octanol–water partition coefficient (Wildman–Crippen LogP) is -0.355. The first-order valence-corrected chi connectivity index (χ1v) is 8.88. The number of nitrogens with zero attached hydrogens (tertiary/aromatic N) is 3. The second kappa shape index (κ2) is 3.92. The van der Waals surface area contributed by atoms with Crippen LogP contribution in [0, 0.1) is 0 Å². The van der Waals surface area contributed by atoms with E-state index >= 15 is 0 Å². The maximum absolute atomic E-state index is 11.3. The molecule has 0 aromatic carbocycles. The summed E-state index contributed by atoms with van der Waals surface area (Å²) in [6.45, 7) is 0. The van der Waals surface area contributed by atoms with E-state index in [0.29, 0.717) is 12.2 Å². The molecule has 96 valence electrons. The maximum atomic E-state index is 11.3. The lowest BCUT2D eigenvalue weighted by atomic mass is 10.1. The molecule has 1 aromatic heterocycles. The van der Waals surface area contributed by atoms with Crippen molar-refractivity contribution in [2.45, 2.75) is 17.5 Å². The lowest BCUT2D eigenvalue weighted by Crippen LogP contribution is -2.10. The Balaban J connectivity index is 2.40. The van der Waals surface area contributed by atoms with Crippen molar-refractivity contribution in [3.63, 3.8) is 0 Å². The van der Waals surface area contributed by atoms with Gasteiger partial charge in [0.05, 0.1) is 11.5 Å². The lowest BCUT2D eigenvalue weighted by Gasteiger charge is -2.06. The van der Waals surface area contributed by atoms with Crippen LogP contribution in [0.1, 0.15) is 18.2 Å². The molecule has 0 amide bonds. The molecule has 1 aromatic rings. The van der Waals surface area contributed by atoms with E-state index in [4.69, 9.17) is 10.7 Å². The Morgan fingerprint density at radius 3 is 2.47 bits per heavy atom. The van der Waals surface area contributed by atoms with Crippen LogP contribution < -0.4 is 0 Å². The Kier molecular flexibility index (Phi) is 2.95. The molecule has 0 radical (unpaired) electrons. The van der Waals surface area contributed by atoms with Crippen molar-refractivity contribution in [3.8, 4) is 0 Å². The minimum atomic E-state index is -3.96. The van der Waals surface area contributed by atoms with Crippen LogP contribution in [0.3, 0.4) is 0 Å². The fourth-order valence-corrected chi connectivity index (χ4v) is 4.59. The minimum absolute atomic E-state index is 0.0265. The Labute approximate surface area is 103 Å². The molecule has 0 bridgehead atoms. The van der Waals surface area contributed by atoms with E-state index in [1.54, 1.807) is 0 Å². The van der Waals surface area contributed by atoms with Crippen LogP contribution in [0.25, 0.3) is 0 Å². The molecule has 2 rings (SSSR count). The highest BCUT2D eigenvalue weighted by atomic mass is 35.7. The fourth-order valence-electron chi connectivity index (χ4n) is 1.89. The van der Waals surface area contributed by atoms with E-state index in [1.165, 1.54) is 11.6 Å². The van der Waals surface area contributed by atoms with Crippen molar-refractivity contribution in [1.82, 2.24) is 14.8 Å². The number of sulfone groups is 1. The second-order valence-electron chi connectivity index (χ2n) is 3.94. The topological polar surface area (TPSA) is 99.0 Å². The molecule has 7 nitrogen and oxygen atoms in total. The van der Waals surface area contributed by atoms with Gasteiger partial charge in [0.25, 0.3) is 14.2 Å². The summed E-state index contributed by atoms with van der Waals surface area (Å²) in [6.07, 6.45) is 0.427. The van der Waals surface area contributed by atoms with Gasteiger partial charge >= 0.3 is 0 Å². The quantitative estimate of drug-likeness (QED) is 0.692. The molecular formula is C7H10ClN3O4S2. The van der Waals surface area contributed by atoms with Crippen LogP contribution in [0.5, 0.6) is 0 Å². The van der Waals surface area contributed by atoms with Gasteiger partial charge in [-0.2, -0.15) is 0 Å². The molecule has 0 spiro atoms. The van der Waals surface area contributed by atoms with Gasteiger partial charge in [0.15, 0.2) is 9.84 Å². The molecule has 1 fully saturated rings. The lowest BCUT2D eigenvalue weighted by molar-refractivity contribution is 0.585. The summed E-state index contributed by atoms with van der Waals surface area (Å²) in [5.74, 6) is 0.0874. The zero-order valence-electron chi connectivity index (χ0n) is 8.87. The van der Waals surface area contributed by atoms with E-state index in [1.807, 2.05) is 0 Å². The normalized spacial score (nSPS) is 24.0. The van der Waals surface area contributed by atoms with E-state index in [9.17, 15) is 16.8 Å². The van der Waals surface area contributed by atoms with Crippen molar-refractivity contribution in [2.75, 3.05) is 11.5 Å². The fraction of sp³-hybridized carbons (Fsp3) is 0.714. The number of halogens is 1. The number of hydrogen-bond donors (Lipinski definition) is 0. The molecule has 0 aliphatic carbocycles. The molecule has 0 N–H and O–H groups in total. The van der Waals surface area contributed by atoms with Gasteiger partial charge < -0.3 is 4.57 Å². The summed E-state index contributed by atoms with van der Waals surface area (Å²) in [5.41, 5.74) is 0. The Morgan fingerprint density at radius 2 is 2.06 bits per heavy atom. The molecule has 17 heavy (non-hydrogen) atoms. The zero-order valence-corrected chi connectivity index (χ0v) is 11.3. The standard InChI is InChI=1S/C7H10ClN3O4S2/c1-11-6(5-2-3-16(12,13)4-5)9-10-7(11)17(8,14)15/h5H,2-4H2,1H3. The first kappa shape index (κ1) is 12.8. The summed E-state index contributed by atoms with van der Waals surface area (Å²) < 4.78 is 46.2. The number of rotatable bonds is 2. The summed E-state index contributed by atoms with van der Waals surface area (Å²) in [6, 6.07) is 0. The first-order valence-electron chi connectivity index (χ1n) is 4.75. The average molecular weight is 300 g/mol. The highest BCUT2D eigenvalue weighted by molar-refractivity contribution is 8.13. The van der Waals surface area contributed by atoms with Crippen molar-refractivity contribution < 1.29 is 16.8 Å². The molecule has 1 saturated heterocycles. The van der Waals surface area contributed by atoms with Gasteiger partial charge in [-0.05, 0) is 6.42 Å². The Hall–Kier alpha value is -0.670. The molecule has 1 aliphatic heterocycles. The van der Waals surface area contributed by atoms with Gasteiger partial charge in [0, 0.05) is 23.6 Å². The molecule has 1 unspecified atom stereocenters. The second-order valence-corrected chi connectivity index (χ2v) is 8.63. The third kappa shape index (κ3) is 2.45. The summed E-state index contributed by atoms with van der Waals surface area (Å²) in [4.78, 5) is 0. The van der Waals surface area contributed by atoms with Crippen LogP contribution in [0.4, 0.5) is 0 Å². The van der Waals surface area contributed by atoms with Gasteiger partial charge in [-0.1, -0.05) is 0 Å². The Morgan fingerprint density at radius 1 is 1.41 bits per heavy atom. The highest BCUT2D eigenvalue weighted by Gasteiger charge is 2.33. The molecule has 0 saturated carbocycles. The summed E-state index contributed by atoms with van der Waals surface area (Å²) >= 11 is 0. The van der Waals surface area contributed by atoms with Crippen LogP contribution in [-0.2, 0) is 25.9 Å². The van der Waals surface area contributed by atoms with Crippen LogP contribution in [-0.4, -0.2) is 43.1 Å². The van der Waals surface area contributed by atoms with E-state index < -0.39 is 18.9 Å². The van der Waals surface area contributed by atoms with E-state index in [2.05, 4.69) is 10.2 Å². The molecule has 2 heterocycles. The maximum Gasteiger partial charge on any atom is 0.296 e.